The van der Waals surface area contributed by atoms with Gasteiger partial charge < -0.3 is 11.1 Å². The molecule has 0 spiro atoms. The van der Waals surface area contributed by atoms with Crippen molar-refractivity contribution >= 4 is 17.4 Å². The van der Waals surface area contributed by atoms with Crippen LogP contribution in [0.4, 0.5) is 10.1 Å². The van der Waals surface area contributed by atoms with E-state index >= 15 is 0 Å². The van der Waals surface area contributed by atoms with Gasteiger partial charge in [-0.3, -0.25) is 9.69 Å². The molecule has 1 heterocycles. The SMILES string of the molecule is CCN1C(=O)CC(c2ccc(F)cc2)/C(=C(/N)CNC)C1=Nc1ccccc1. The Bertz CT molecular complexity index is 891. The van der Waals surface area contributed by atoms with E-state index in [1.54, 1.807) is 17.0 Å². The maximum Gasteiger partial charge on any atom is 0.229 e. The Kier molecular flexibility index (Phi) is 6.21. The third-order valence-electron chi connectivity index (χ3n) is 4.82. The number of likely N-dealkylation sites (N-methyl/N-ethyl adjacent to an activating group) is 2. The van der Waals surface area contributed by atoms with E-state index in [4.69, 9.17) is 10.7 Å². The van der Waals surface area contributed by atoms with Gasteiger partial charge in [-0.1, -0.05) is 30.3 Å². The number of carbonyl (C=O) groups excluding carboxylic acids is 1. The van der Waals surface area contributed by atoms with Gasteiger partial charge in [0.1, 0.15) is 11.7 Å². The zero-order valence-corrected chi connectivity index (χ0v) is 16.2. The van der Waals surface area contributed by atoms with Gasteiger partial charge >= 0.3 is 0 Å². The Balaban J connectivity index is 2.18. The third kappa shape index (κ3) is 4.12. The van der Waals surface area contributed by atoms with Crippen molar-refractivity contribution in [2.75, 3.05) is 20.1 Å². The molecule has 0 aromatic heterocycles. The number of hydrogen-bond acceptors (Lipinski definition) is 4. The normalized spacial score (nSPS) is 20.5. The Morgan fingerprint density at radius 2 is 1.89 bits per heavy atom. The summed E-state index contributed by atoms with van der Waals surface area (Å²) < 4.78 is 13.4. The average Bonchev–Trinajstić information content (AvgIpc) is 2.69. The van der Waals surface area contributed by atoms with E-state index in [1.807, 2.05) is 44.3 Å². The van der Waals surface area contributed by atoms with Crippen LogP contribution in [0.1, 0.15) is 24.8 Å². The molecule has 0 saturated carbocycles. The molecule has 28 heavy (non-hydrogen) atoms. The summed E-state index contributed by atoms with van der Waals surface area (Å²) in [6.07, 6.45) is 0.271. The fourth-order valence-electron chi connectivity index (χ4n) is 3.51. The molecule has 0 radical (unpaired) electrons. The highest BCUT2D eigenvalue weighted by Gasteiger charge is 2.37. The number of likely N-dealkylation sites (tertiary alicyclic amines) is 1. The van der Waals surface area contributed by atoms with Crippen molar-refractivity contribution in [2.24, 2.45) is 10.7 Å². The van der Waals surface area contributed by atoms with Gasteiger partial charge in [0.2, 0.25) is 5.91 Å². The first-order chi connectivity index (χ1) is 13.5. The number of aliphatic imine (C=N–C) groups is 1. The van der Waals surface area contributed by atoms with Crippen LogP contribution in [0.15, 0.2) is 70.9 Å². The molecular formula is C22H25FN4O. The molecule has 5 nitrogen and oxygen atoms in total. The van der Waals surface area contributed by atoms with Crippen LogP contribution >= 0.6 is 0 Å². The monoisotopic (exact) mass is 380 g/mol. The summed E-state index contributed by atoms with van der Waals surface area (Å²) in [4.78, 5) is 19.3. The van der Waals surface area contributed by atoms with Crippen molar-refractivity contribution < 1.29 is 9.18 Å². The smallest absolute Gasteiger partial charge is 0.229 e. The van der Waals surface area contributed by atoms with Crippen molar-refractivity contribution in [3.8, 4) is 0 Å². The van der Waals surface area contributed by atoms with Crippen LogP contribution in [0.2, 0.25) is 0 Å². The zero-order valence-electron chi connectivity index (χ0n) is 16.2. The maximum absolute atomic E-state index is 13.4. The standard InChI is InChI=1S/C22H25FN4O/c1-3-27-20(28)13-18(15-9-11-16(23)12-10-15)21(19(24)14-25-2)22(27)26-17-7-5-4-6-8-17/h4-12,18,25H,3,13-14,24H2,1-2H3/b21-19-,26-22?. The summed E-state index contributed by atoms with van der Waals surface area (Å²) in [5, 5.41) is 3.07. The molecular weight excluding hydrogens is 355 g/mol. The number of nitrogens with two attached hydrogens (primary N) is 1. The molecule has 3 N–H and O–H groups in total. The third-order valence-corrected chi connectivity index (χ3v) is 4.82. The van der Waals surface area contributed by atoms with Crippen LogP contribution in [0.25, 0.3) is 0 Å². The number of nitrogens with one attached hydrogen (secondary N) is 1. The molecule has 2 aromatic rings. The lowest BCUT2D eigenvalue weighted by molar-refractivity contribution is -0.128. The number of para-hydroxylation sites is 1. The molecule has 6 heteroatoms. The molecule has 1 aliphatic heterocycles. The van der Waals surface area contributed by atoms with Gasteiger partial charge in [0.05, 0.1) is 5.69 Å². The number of halogens is 1. The lowest BCUT2D eigenvalue weighted by Gasteiger charge is -2.36. The van der Waals surface area contributed by atoms with E-state index in [1.165, 1.54) is 12.1 Å². The molecule has 3 rings (SSSR count). The van der Waals surface area contributed by atoms with Gasteiger partial charge in [-0.05, 0) is 43.8 Å². The van der Waals surface area contributed by atoms with Gasteiger partial charge in [0.15, 0.2) is 0 Å². The number of amidine groups is 1. The molecule has 2 aromatic carbocycles. The summed E-state index contributed by atoms with van der Waals surface area (Å²) in [6, 6.07) is 15.7. The van der Waals surface area contributed by atoms with Crippen LogP contribution < -0.4 is 11.1 Å². The summed E-state index contributed by atoms with van der Waals surface area (Å²) in [6.45, 7) is 2.88. The minimum atomic E-state index is -0.312. The molecule has 1 atom stereocenters. The van der Waals surface area contributed by atoms with E-state index < -0.39 is 0 Å². The number of nitrogens with zero attached hydrogens (tertiary/aromatic N) is 2. The fraction of sp³-hybridized carbons (Fsp3) is 0.273. The Hall–Kier alpha value is -2.99. The van der Waals surface area contributed by atoms with E-state index in [-0.39, 0.29) is 24.1 Å². The second-order valence-corrected chi connectivity index (χ2v) is 6.69. The summed E-state index contributed by atoms with van der Waals surface area (Å²) in [5.74, 6) is -0.0424. The first-order valence-electron chi connectivity index (χ1n) is 9.38. The first kappa shape index (κ1) is 19.8. The minimum absolute atomic E-state index is 0.0208. The number of amides is 1. The van der Waals surface area contributed by atoms with E-state index in [0.717, 1.165) is 16.8 Å². The highest BCUT2D eigenvalue weighted by molar-refractivity contribution is 6.13. The summed E-state index contributed by atoms with van der Waals surface area (Å²) >= 11 is 0. The molecule has 1 saturated heterocycles. The fourth-order valence-corrected chi connectivity index (χ4v) is 3.51. The van der Waals surface area contributed by atoms with Crippen LogP contribution in [-0.4, -0.2) is 36.8 Å². The largest absolute Gasteiger partial charge is 0.401 e. The predicted molar refractivity (Wildman–Crippen MR) is 110 cm³/mol. The molecule has 0 aliphatic carbocycles. The second-order valence-electron chi connectivity index (χ2n) is 6.69. The number of rotatable bonds is 5. The zero-order chi connectivity index (χ0) is 20.1. The number of hydrogen-bond donors (Lipinski definition) is 2. The average molecular weight is 380 g/mol. The van der Waals surface area contributed by atoms with Crippen molar-refractivity contribution in [1.82, 2.24) is 10.2 Å². The Labute approximate surface area is 164 Å². The van der Waals surface area contributed by atoms with Gasteiger partial charge in [-0.15, -0.1) is 0 Å². The van der Waals surface area contributed by atoms with E-state index in [9.17, 15) is 9.18 Å². The topological polar surface area (TPSA) is 70.7 Å². The first-order valence-corrected chi connectivity index (χ1v) is 9.38. The van der Waals surface area contributed by atoms with Gasteiger partial charge in [0, 0.05) is 36.7 Å². The quantitative estimate of drug-likeness (QED) is 0.836. The number of piperidine rings is 1. The molecule has 1 fully saturated rings. The van der Waals surface area contributed by atoms with Crippen molar-refractivity contribution in [2.45, 2.75) is 19.3 Å². The second kappa shape index (κ2) is 8.80. The van der Waals surface area contributed by atoms with Crippen molar-refractivity contribution in [3.05, 3.63) is 77.2 Å². The maximum atomic E-state index is 13.4. The number of carbonyl (C=O) groups is 1. The Morgan fingerprint density at radius 3 is 2.50 bits per heavy atom. The molecule has 1 amide bonds. The minimum Gasteiger partial charge on any atom is -0.401 e. The lowest BCUT2D eigenvalue weighted by Crippen LogP contribution is -2.45. The summed E-state index contributed by atoms with van der Waals surface area (Å²) in [5.41, 5.74) is 9.48. The lowest BCUT2D eigenvalue weighted by atomic mass is 9.82. The van der Waals surface area contributed by atoms with Gasteiger partial charge in [-0.2, -0.15) is 0 Å². The molecule has 146 valence electrons. The van der Waals surface area contributed by atoms with Crippen molar-refractivity contribution in [1.29, 1.82) is 0 Å². The van der Waals surface area contributed by atoms with Crippen LogP contribution in [-0.2, 0) is 4.79 Å². The summed E-state index contributed by atoms with van der Waals surface area (Å²) in [7, 11) is 1.82. The van der Waals surface area contributed by atoms with Gasteiger partial charge in [0.25, 0.3) is 0 Å². The van der Waals surface area contributed by atoms with Crippen molar-refractivity contribution in [3.63, 3.8) is 0 Å². The highest BCUT2D eigenvalue weighted by Crippen LogP contribution is 2.36. The Morgan fingerprint density at radius 1 is 1.21 bits per heavy atom. The predicted octanol–water partition coefficient (Wildman–Crippen LogP) is 3.32. The van der Waals surface area contributed by atoms with Crippen LogP contribution in [0, 0.1) is 5.82 Å². The molecule has 0 bridgehead atoms. The van der Waals surface area contributed by atoms with E-state index in [2.05, 4.69) is 5.32 Å². The molecule has 1 unspecified atom stereocenters. The highest BCUT2D eigenvalue weighted by atomic mass is 19.1. The van der Waals surface area contributed by atoms with Crippen LogP contribution in [0.3, 0.4) is 0 Å². The number of benzene rings is 2. The van der Waals surface area contributed by atoms with E-state index in [0.29, 0.717) is 24.6 Å². The molecule has 1 aliphatic rings. The van der Waals surface area contributed by atoms with Gasteiger partial charge in [-0.25, -0.2) is 9.38 Å². The van der Waals surface area contributed by atoms with Crippen LogP contribution in [0.5, 0.6) is 0 Å².